The van der Waals surface area contributed by atoms with Crippen molar-refractivity contribution in [3.8, 4) is 22.7 Å². The lowest BCUT2D eigenvalue weighted by molar-refractivity contribution is -0.141. The first-order valence-corrected chi connectivity index (χ1v) is 12.4. The van der Waals surface area contributed by atoms with Gasteiger partial charge in [-0.3, -0.25) is 9.59 Å². The van der Waals surface area contributed by atoms with Crippen molar-refractivity contribution in [2.45, 2.75) is 25.3 Å². The Balaban J connectivity index is 1.59. The number of ether oxygens (including phenoxy) is 1. The molecule has 0 aliphatic carbocycles. The van der Waals surface area contributed by atoms with E-state index in [1.54, 1.807) is 23.1 Å². The number of methoxy groups -OCH3 is 1. The molecule has 0 spiro atoms. The molecule has 1 aliphatic rings. The van der Waals surface area contributed by atoms with E-state index < -0.39 is 12.0 Å². The minimum Gasteiger partial charge on any atom is -0.497 e. The molecule has 8 nitrogen and oxygen atoms in total. The van der Waals surface area contributed by atoms with Crippen LogP contribution in [0.25, 0.3) is 16.9 Å². The molecule has 0 radical (unpaired) electrons. The Hall–Kier alpha value is -4.24. The molecule has 1 aliphatic heterocycles. The van der Waals surface area contributed by atoms with Crippen LogP contribution in [0.3, 0.4) is 0 Å². The van der Waals surface area contributed by atoms with Crippen molar-refractivity contribution in [3.63, 3.8) is 0 Å². The number of carboxylic acid groups (broad SMARTS) is 1. The zero-order valence-electron chi connectivity index (χ0n) is 19.6. The number of aromatic nitrogens is 2. The van der Waals surface area contributed by atoms with E-state index in [2.05, 4.69) is 5.10 Å². The second kappa shape index (κ2) is 10.2. The number of hydrogen-bond acceptors (Lipinski definition) is 6. The number of hydrazone groups is 1. The van der Waals surface area contributed by atoms with Crippen molar-refractivity contribution in [2.75, 3.05) is 7.11 Å². The van der Waals surface area contributed by atoms with Gasteiger partial charge in [0, 0.05) is 30.2 Å². The average Bonchev–Trinajstić information content (AvgIpc) is 3.67. The molecule has 2 aromatic carbocycles. The third-order valence-electron chi connectivity index (χ3n) is 6.01. The average molecular weight is 501 g/mol. The van der Waals surface area contributed by atoms with E-state index in [1.165, 1.54) is 5.01 Å². The highest BCUT2D eigenvalue weighted by atomic mass is 32.1. The zero-order chi connectivity index (χ0) is 25.1. The maximum absolute atomic E-state index is 13.2. The predicted octanol–water partition coefficient (Wildman–Crippen LogP) is 5.15. The third-order valence-corrected chi connectivity index (χ3v) is 6.93. The lowest BCUT2D eigenvalue weighted by Crippen LogP contribution is -2.27. The van der Waals surface area contributed by atoms with Crippen LogP contribution in [0.5, 0.6) is 5.75 Å². The number of carbonyl (C=O) groups is 2. The number of carboxylic acids is 1. The number of hydrogen-bond donors (Lipinski definition) is 1. The van der Waals surface area contributed by atoms with Gasteiger partial charge in [-0.15, -0.1) is 11.3 Å². The Kier molecular flexibility index (Phi) is 6.64. The van der Waals surface area contributed by atoms with Gasteiger partial charge in [-0.25, -0.2) is 9.69 Å². The molecule has 0 saturated heterocycles. The quantitative estimate of drug-likeness (QED) is 0.361. The van der Waals surface area contributed by atoms with Gasteiger partial charge in [0.1, 0.15) is 5.75 Å². The van der Waals surface area contributed by atoms with Crippen molar-refractivity contribution in [1.82, 2.24) is 14.8 Å². The topological polar surface area (TPSA) is 97.0 Å². The van der Waals surface area contributed by atoms with E-state index in [0.717, 1.165) is 38.8 Å². The molecule has 5 rings (SSSR count). The van der Waals surface area contributed by atoms with Gasteiger partial charge in [0.15, 0.2) is 0 Å². The summed E-state index contributed by atoms with van der Waals surface area (Å²) < 4.78 is 7.12. The van der Waals surface area contributed by atoms with Gasteiger partial charge in [0.05, 0.1) is 41.5 Å². The van der Waals surface area contributed by atoms with Gasteiger partial charge in [0.2, 0.25) is 5.91 Å². The minimum atomic E-state index is -1.02. The summed E-state index contributed by atoms with van der Waals surface area (Å²) in [7, 11) is 1.62. The molecule has 36 heavy (non-hydrogen) atoms. The van der Waals surface area contributed by atoms with Gasteiger partial charge in [-0.05, 0) is 47.8 Å². The summed E-state index contributed by atoms with van der Waals surface area (Å²) in [4.78, 5) is 25.3. The third kappa shape index (κ3) is 4.78. The zero-order valence-corrected chi connectivity index (χ0v) is 20.4. The normalized spacial score (nSPS) is 15.1. The number of rotatable bonds is 8. The molecule has 3 heterocycles. The molecule has 0 saturated carbocycles. The van der Waals surface area contributed by atoms with Crippen LogP contribution in [0, 0.1) is 0 Å². The second-order valence-corrected chi connectivity index (χ2v) is 9.27. The lowest BCUT2D eigenvalue weighted by Gasteiger charge is -2.21. The molecule has 4 aromatic rings. The first-order valence-electron chi connectivity index (χ1n) is 11.5. The van der Waals surface area contributed by atoms with Gasteiger partial charge >= 0.3 is 5.97 Å². The fraction of sp³-hybridized carbons (Fsp3) is 0.185. The van der Waals surface area contributed by atoms with Crippen LogP contribution in [0.1, 0.15) is 35.7 Å². The van der Waals surface area contributed by atoms with Crippen molar-refractivity contribution in [3.05, 3.63) is 88.7 Å². The summed E-state index contributed by atoms with van der Waals surface area (Å²) in [5.41, 5.74) is 4.13. The summed E-state index contributed by atoms with van der Waals surface area (Å²) in [6, 6.07) is 20.9. The number of amides is 1. The first kappa shape index (κ1) is 23.5. The Morgan fingerprint density at radius 3 is 2.50 bits per heavy atom. The van der Waals surface area contributed by atoms with Gasteiger partial charge in [-0.2, -0.15) is 10.2 Å². The van der Waals surface area contributed by atoms with E-state index in [-0.39, 0.29) is 18.7 Å². The monoisotopic (exact) mass is 500 g/mol. The molecule has 1 amide bonds. The number of thiophene rings is 1. The van der Waals surface area contributed by atoms with E-state index in [4.69, 9.17) is 14.9 Å². The van der Waals surface area contributed by atoms with Crippen LogP contribution in [-0.2, 0) is 9.59 Å². The molecule has 0 fully saturated rings. The Morgan fingerprint density at radius 2 is 1.83 bits per heavy atom. The summed E-state index contributed by atoms with van der Waals surface area (Å²) in [5.74, 6) is -0.614. The molecule has 0 unspecified atom stereocenters. The largest absolute Gasteiger partial charge is 0.497 e. The predicted molar refractivity (Wildman–Crippen MR) is 137 cm³/mol. The van der Waals surface area contributed by atoms with Crippen molar-refractivity contribution < 1.29 is 19.4 Å². The highest BCUT2D eigenvalue weighted by Crippen LogP contribution is 2.39. The maximum atomic E-state index is 13.2. The van der Waals surface area contributed by atoms with Gasteiger partial charge in [-0.1, -0.05) is 24.3 Å². The SMILES string of the molecule is COc1ccc(-c2nn(-c3ccccc3)cc2[C@H]2CC(c3cccs3)=NN2C(=O)CCC(=O)O)cc1. The highest BCUT2D eigenvalue weighted by Gasteiger charge is 2.36. The Labute approximate surface area is 212 Å². The Bertz CT molecular complexity index is 1400. The Morgan fingerprint density at radius 1 is 1.06 bits per heavy atom. The maximum Gasteiger partial charge on any atom is 0.303 e. The van der Waals surface area contributed by atoms with Crippen molar-refractivity contribution in [1.29, 1.82) is 0 Å². The molecule has 1 N–H and O–H groups in total. The minimum absolute atomic E-state index is 0.127. The first-order chi connectivity index (χ1) is 17.5. The van der Waals surface area contributed by atoms with Crippen LogP contribution >= 0.6 is 11.3 Å². The van der Waals surface area contributed by atoms with Gasteiger partial charge in [0.25, 0.3) is 0 Å². The second-order valence-electron chi connectivity index (χ2n) is 8.32. The summed E-state index contributed by atoms with van der Waals surface area (Å²) in [6.07, 6.45) is 2.06. The van der Waals surface area contributed by atoms with Crippen LogP contribution in [0.4, 0.5) is 0 Å². The highest BCUT2D eigenvalue weighted by molar-refractivity contribution is 7.12. The molecule has 9 heteroatoms. The number of aliphatic carboxylic acids is 1. The smallest absolute Gasteiger partial charge is 0.303 e. The van der Waals surface area contributed by atoms with E-state index in [0.29, 0.717) is 6.42 Å². The van der Waals surface area contributed by atoms with Crippen LogP contribution in [0.15, 0.2) is 83.4 Å². The fourth-order valence-corrected chi connectivity index (χ4v) is 4.94. The number of carbonyl (C=O) groups excluding carboxylic acids is 1. The van der Waals surface area contributed by atoms with Crippen LogP contribution in [-0.4, -0.2) is 44.6 Å². The van der Waals surface area contributed by atoms with Crippen LogP contribution in [0.2, 0.25) is 0 Å². The van der Waals surface area contributed by atoms with E-state index in [1.807, 2.05) is 78.3 Å². The van der Waals surface area contributed by atoms with Crippen molar-refractivity contribution in [2.24, 2.45) is 5.10 Å². The summed E-state index contributed by atoms with van der Waals surface area (Å²) in [5, 5.41) is 22.1. The summed E-state index contributed by atoms with van der Waals surface area (Å²) >= 11 is 1.56. The molecule has 182 valence electrons. The van der Waals surface area contributed by atoms with Crippen LogP contribution < -0.4 is 4.74 Å². The van der Waals surface area contributed by atoms with Gasteiger partial charge < -0.3 is 9.84 Å². The van der Waals surface area contributed by atoms with E-state index >= 15 is 0 Å². The lowest BCUT2D eigenvalue weighted by atomic mass is 9.98. The fourth-order valence-electron chi connectivity index (χ4n) is 4.22. The molecular weight excluding hydrogens is 476 g/mol. The molecular formula is C27H24N4O4S. The standard InChI is InChI=1S/C27H24N4O4S/c1-35-20-11-9-18(10-12-20)27-21(17-30(29-27)19-6-3-2-4-7-19)23-16-22(24-8-5-15-36-24)28-31(23)25(32)13-14-26(33)34/h2-12,15,17,23H,13-14,16H2,1H3,(H,33,34)/t23-/m1/s1. The summed E-state index contributed by atoms with van der Waals surface area (Å²) in [6.45, 7) is 0. The molecule has 0 bridgehead atoms. The number of nitrogens with zero attached hydrogens (tertiary/aromatic N) is 4. The number of para-hydroxylation sites is 1. The van der Waals surface area contributed by atoms with Crippen molar-refractivity contribution >= 4 is 28.9 Å². The molecule has 1 atom stereocenters. The molecule has 2 aromatic heterocycles. The number of benzene rings is 2. The van der Waals surface area contributed by atoms with E-state index in [9.17, 15) is 9.59 Å².